The maximum absolute atomic E-state index is 11.6. The van der Waals surface area contributed by atoms with Crippen molar-refractivity contribution in [1.82, 2.24) is 0 Å². The van der Waals surface area contributed by atoms with Crippen LogP contribution in [0, 0.1) is 0 Å². The van der Waals surface area contributed by atoms with Crippen LogP contribution in [-0.4, -0.2) is 17.7 Å². The van der Waals surface area contributed by atoms with Gasteiger partial charge >= 0.3 is 5.97 Å². The molecule has 0 bridgehead atoms. The number of ether oxygens (including phenoxy) is 1. The number of fused-ring (bicyclic) bond motifs is 1. The van der Waals surface area contributed by atoms with Crippen LogP contribution in [-0.2, 0) is 4.74 Å². The van der Waals surface area contributed by atoms with Gasteiger partial charge in [-0.2, -0.15) is 0 Å². The van der Waals surface area contributed by atoms with Gasteiger partial charge in [-0.1, -0.05) is 43.0 Å². The summed E-state index contributed by atoms with van der Waals surface area (Å²) >= 11 is 0. The number of esters is 1. The highest BCUT2D eigenvalue weighted by Crippen LogP contribution is 2.28. The molecule has 0 heterocycles. The fraction of sp³-hybridized carbons (Fsp3) is 0.0714. The van der Waals surface area contributed by atoms with Gasteiger partial charge in [0, 0.05) is 5.39 Å². The Kier molecular flexibility index (Phi) is 3.10. The highest BCUT2D eigenvalue weighted by atomic mass is 16.5. The molecule has 0 fully saturated rings. The molecule has 3 heteroatoms. The molecule has 0 aliphatic carbocycles. The van der Waals surface area contributed by atoms with Gasteiger partial charge in [0.15, 0.2) is 0 Å². The van der Waals surface area contributed by atoms with Gasteiger partial charge in [0.2, 0.25) is 0 Å². The molecule has 0 saturated heterocycles. The monoisotopic (exact) mass is 228 g/mol. The number of aromatic hydroxyl groups is 1. The molecule has 0 spiro atoms. The molecule has 0 unspecified atom stereocenters. The number of benzene rings is 2. The number of phenols is 1. The Labute approximate surface area is 99.0 Å². The summed E-state index contributed by atoms with van der Waals surface area (Å²) in [4.78, 5) is 11.6. The lowest BCUT2D eigenvalue weighted by Crippen LogP contribution is -2.05. The summed E-state index contributed by atoms with van der Waals surface area (Å²) in [6, 6.07) is 10.6. The SMILES string of the molecule is C=CCOC(=O)c1ccc2ccccc2c1O. The molecule has 0 amide bonds. The van der Waals surface area contributed by atoms with E-state index in [1.54, 1.807) is 24.3 Å². The lowest BCUT2D eigenvalue weighted by molar-refractivity contribution is 0.0547. The summed E-state index contributed by atoms with van der Waals surface area (Å²) in [5.41, 5.74) is 0.172. The third-order valence-electron chi connectivity index (χ3n) is 2.45. The van der Waals surface area contributed by atoms with Crippen molar-refractivity contribution in [2.24, 2.45) is 0 Å². The molecule has 0 aliphatic rings. The lowest BCUT2D eigenvalue weighted by atomic mass is 10.1. The minimum Gasteiger partial charge on any atom is -0.506 e. The van der Waals surface area contributed by atoms with Gasteiger partial charge < -0.3 is 9.84 Å². The Balaban J connectivity index is 2.45. The van der Waals surface area contributed by atoms with Crippen molar-refractivity contribution in [2.45, 2.75) is 0 Å². The first-order valence-corrected chi connectivity index (χ1v) is 5.23. The molecular formula is C14H12O3. The molecule has 2 aromatic rings. The van der Waals surface area contributed by atoms with E-state index in [1.807, 2.05) is 12.1 Å². The van der Waals surface area contributed by atoms with E-state index < -0.39 is 5.97 Å². The summed E-state index contributed by atoms with van der Waals surface area (Å²) in [5, 5.41) is 11.5. The zero-order valence-corrected chi connectivity index (χ0v) is 9.22. The summed E-state index contributed by atoms with van der Waals surface area (Å²) < 4.78 is 4.89. The molecule has 17 heavy (non-hydrogen) atoms. The van der Waals surface area contributed by atoms with Gasteiger partial charge in [0.25, 0.3) is 0 Å². The second-order valence-corrected chi connectivity index (χ2v) is 3.57. The van der Waals surface area contributed by atoms with E-state index in [-0.39, 0.29) is 17.9 Å². The Morgan fingerprint density at radius 1 is 1.29 bits per heavy atom. The average molecular weight is 228 g/mol. The highest BCUT2D eigenvalue weighted by molar-refractivity contribution is 6.01. The van der Waals surface area contributed by atoms with E-state index in [2.05, 4.69) is 6.58 Å². The Morgan fingerprint density at radius 3 is 2.82 bits per heavy atom. The molecule has 0 radical (unpaired) electrons. The third kappa shape index (κ3) is 2.13. The predicted molar refractivity (Wildman–Crippen MR) is 66.1 cm³/mol. The van der Waals surface area contributed by atoms with Crippen LogP contribution >= 0.6 is 0 Å². The lowest BCUT2D eigenvalue weighted by Gasteiger charge is -2.07. The van der Waals surface area contributed by atoms with Gasteiger partial charge in [0.1, 0.15) is 17.9 Å². The molecular weight excluding hydrogens is 216 g/mol. The van der Waals surface area contributed by atoms with Crippen LogP contribution in [0.4, 0.5) is 0 Å². The van der Waals surface area contributed by atoms with E-state index in [0.29, 0.717) is 5.39 Å². The molecule has 0 aromatic heterocycles. The van der Waals surface area contributed by atoms with Crippen LogP contribution in [0.15, 0.2) is 49.1 Å². The fourth-order valence-electron chi connectivity index (χ4n) is 1.63. The average Bonchev–Trinajstić information content (AvgIpc) is 2.37. The number of phenolic OH excluding ortho intramolecular Hbond substituents is 1. The molecule has 0 saturated carbocycles. The second kappa shape index (κ2) is 4.70. The van der Waals surface area contributed by atoms with Crippen LogP contribution < -0.4 is 0 Å². The number of hydrogen-bond acceptors (Lipinski definition) is 3. The van der Waals surface area contributed by atoms with Crippen LogP contribution in [0.5, 0.6) is 5.75 Å². The van der Waals surface area contributed by atoms with E-state index in [0.717, 1.165) is 5.39 Å². The quantitative estimate of drug-likeness (QED) is 0.649. The number of carbonyl (C=O) groups excluding carboxylic acids is 1. The minimum absolute atomic E-state index is 0.0443. The van der Waals surface area contributed by atoms with Crippen molar-refractivity contribution in [3.05, 3.63) is 54.6 Å². The Morgan fingerprint density at radius 2 is 2.06 bits per heavy atom. The zero-order valence-electron chi connectivity index (χ0n) is 9.22. The molecule has 1 N–H and O–H groups in total. The van der Waals surface area contributed by atoms with Crippen molar-refractivity contribution in [1.29, 1.82) is 0 Å². The first-order chi connectivity index (χ1) is 8.24. The first-order valence-electron chi connectivity index (χ1n) is 5.23. The van der Waals surface area contributed by atoms with Crippen molar-refractivity contribution in [3.63, 3.8) is 0 Å². The van der Waals surface area contributed by atoms with Gasteiger partial charge in [-0.25, -0.2) is 4.79 Å². The summed E-state index contributed by atoms with van der Waals surface area (Å²) in [5.74, 6) is -0.592. The van der Waals surface area contributed by atoms with Crippen molar-refractivity contribution < 1.29 is 14.6 Å². The van der Waals surface area contributed by atoms with Gasteiger partial charge in [-0.15, -0.1) is 0 Å². The largest absolute Gasteiger partial charge is 0.506 e. The van der Waals surface area contributed by atoms with Gasteiger partial charge in [-0.3, -0.25) is 0 Å². The number of rotatable bonds is 3. The smallest absolute Gasteiger partial charge is 0.342 e. The van der Waals surface area contributed by atoms with Crippen LogP contribution in [0.2, 0.25) is 0 Å². The topological polar surface area (TPSA) is 46.5 Å². The molecule has 3 nitrogen and oxygen atoms in total. The molecule has 0 aliphatic heterocycles. The summed E-state index contributed by atoms with van der Waals surface area (Å²) in [6.45, 7) is 3.59. The maximum atomic E-state index is 11.6. The second-order valence-electron chi connectivity index (χ2n) is 3.57. The van der Waals surface area contributed by atoms with Crippen LogP contribution in [0.3, 0.4) is 0 Å². The summed E-state index contributed by atoms with van der Waals surface area (Å²) in [7, 11) is 0. The van der Waals surface area contributed by atoms with Crippen LogP contribution in [0.1, 0.15) is 10.4 Å². The summed E-state index contributed by atoms with van der Waals surface area (Å²) in [6.07, 6.45) is 1.48. The van der Waals surface area contributed by atoms with Gasteiger partial charge in [0.05, 0.1) is 0 Å². The maximum Gasteiger partial charge on any atom is 0.342 e. The Hall–Kier alpha value is -2.29. The van der Waals surface area contributed by atoms with Crippen molar-refractivity contribution >= 4 is 16.7 Å². The molecule has 86 valence electrons. The van der Waals surface area contributed by atoms with E-state index in [4.69, 9.17) is 4.74 Å². The predicted octanol–water partition coefficient (Wildman–Crippen LogP) is 2.89. The fourth-order valence-corrected chi connectivity index (χ4v) is 1.63. The molecule has 0 atom stereocenters. The first kappa shape index (κ1) is 11.2. The van der Waals surface area contributed by atoms with E-state index >= 15 is 0 Å². The van der Waals surface area contributed by atoms with E-state index in [9.17, 15) is 9.90 Å². The molecule has 2 rings (SSSR count). The number of hydrogen-bond donors (Lipinski definition) is 1. The normalized spacial score (nSPS) is 10.1. The van der Waals surface area contributed by atoms with Crippen LogP contribution in [0.25, 0.3) is 10.8 Å². The van der Waals surface area contributed by atoms with E-state index in [1.165, 1.54) is 6.08 Å². The van der Waals surface area contributed by atoms with Gasteiger partial charge in [-0.05, 0) is 11.5 Å². The highest BCUT2D eigenvalue weighted by Gasteiger charge is 2.14. The Bertz CT molecular complexity index is 573. The third-order valence-corrected chi connectivity index (χ3v) is 2.45. The van der Waals surface area contributed by atoms with Crippen molar-refractivity contribution in [3.8, 4) is 5.75 Å². The minimum atomic E-state index is -0.548. The molecule has 2 aromatic carbocycles. The van der Waals surface area contributed by atoms with Crippen molar-refractivity contribution in [2.75, 3.05) is 6.61 Å². The standard InChI is InChI=1S/C14H12O3/c1-2-9-17-14(16)12-8-7-10-5-3-4-6-11(10)13(12)15/h2-8,15H,1,9H2. The number of carbonyl (C=O) groups is 1. The zero-order chi connectivity index (χ0) is 12.3.